The van der Waals surface area contributed by atoms with E-state index >= 15 is 0 Å². The number of quaternary nitrogens is 1. The van der Waals surface area contributed by atoms with Crippen LogP contribution < -0.4 is 10.5 Å². The summed E-state index contributed by atoms with van der Waals surface area (Å²) in [5.41, 5.74) is 2.77. The first-order valence-corrected chi connectivity index (χ1v) is 11.9. The highest BCUT2D eigenvalue weighted by Crippen LogP contribution is 2.15. The van der Waals surface area contributed by atoms with Gasteiger partial charge in [0, 0.05) is 12.1 Å². The Bertz CT molecular complexity index is 1240. The van der Waals surface area contributed by atoms with E-state index in [9.17, 15) is 4.79 Å². The molecule has 1 aromatic carbocycles. The molecule has 4 aromatic rings. The number of hydrogen-bond donors (Lipinski definition) is 2. The van der Waals surface area contributed by atoms with Crippen LogP contribution in [-0.2, 0) is 30.9 Å². The van der Waals surface area contributed by atoms with E-state index in [2.05, 4.69) is 51.0 Å². The Kier molecular flexibility index (Phi) is 6.11. The number of nitrogens with zero attached hydrogens (tertiary/aromatic N) is 4. The van der Waals surface area contributed by atoms with Gasteiger partial charge >= 0.3 is 0 Å². The van der Waals surface area contributed by atoms with Gasteiger partial charge in [0.05, 0.1) is 23.1 Å². The fourth-order valence-corrected chi connectivity index (χ4v) is 5.09. The van der Waals surface area contributed by atoms with Gasteiger partial charge < -0.3 is 14.6 Å². The highest BCUT2D eigenvalue weighted by molar-refractivity contribution is 7.09. The van der Waals surface area contributed by atoms with Crippen molar-refractivity contribution in [3.05, 3.63) is 74.0 Å². The number of nitrogens with one attached hydrogen (secondary N) is 2. The number of tetrazole rings is 1. The van der Waals surface area contributed by atoms with Crippen molar-refractivity contribution in [2.45, 2.75) is 52.0 Å². The molecule has 0 aliphatic carbocycles. The van der Waals surface area contributed by atoms with Crippen LogP contribution in [0.15, 0.2) is 46.6 Å². The number of rotatable bonds is 8. The molecule has 3 aromatic heterocycles. The van der Waals surface area contributed by atoms with E-state index in [0.717, 1.165) is 48.3 Å². The average Bonchev–Trinajstić information content (AvgIpc) is 3.54. The summed E-state index contributed by atoms with van der Waals surface area (Å²) in [4.78, 5) is 18.4. The Morgan fingerprint density at radius 2 is 2.19 bits per heavy atom. The van der Waals surface area contributed by atoms with Gasteiger partial charge in [0.2, 0.25) is 5.82 Å². The number of thiophene rings is 1. The SMILES string of the molecule is Cc1ccc2[nH]c(=O)c(C[NH+](Cc3cccs3)Cc3nnnn3C[C@@H]3CCCO3)cc2c1. The molecule has 4 heterocycles. The highest BCUT2D eigenvalue weighted by atomic mass is 32.1. The van der Waals surface area contributed by atoms with Crippen molar-refractivity contribution in [3.63, 3.8) is 0 Å². The van der Waals surface area contributed by atoms with Crippen molar-refractivity contribution in [3.8, 4) is 0 Å². The third-order valence-electron chi connectivity index (χ3n) is 5.94. The third-order valence-corrected chi connectivity index (χ3v) is 6.81. The van der Waals surface area contributed by atoms with Gasteiger partial charge in [-0.25, -0.2) is 4.68 Å². The first-order chi connectivity index (χ1) is 15.6. The Balaban J connectivity index is 1.41. The maximum absolute atomic E-state index is 12.8. The van der Waals surface area contributed by atoms with Crippen LogP contribution in [0.25, 0.3) is 10.9 Å². The molecule has 9 heteroatoms. The van der Waals surface area contributed by atoms with E-state index < -0.39 is 0 Å². The molecular formula is C23H27N6O2S+. The monoisotopic (exact) mass is 451 g/mol. The van der Waals surface area contributed by atoms with Crippen LogP contribution in [0.1, 0.15) is 34.7 Å². The Morgan fingerprint density at radius 3 is 3.00 bits per heavy atom. The maximum atomic E-state index is 12.8. The summed E-state index contributed by atoms with van der Waals surface area (Å²) >= 11 is 1.73. The third kappa shape index (κ3) is 4.79. The molecule has 166 valence electrons. The number of aromatic nitrogens is 5. The topological polar surface area (TPSA) is 90.1 Å². The number of pyridine rings is 1. The summed E-state index contributed by atoms with van der Waals surface area (Å²) < 4.78 is 7.63. The summed E-state index contributed by atoms with van der Waals surface area (Å²) in [6.07, 6.45) is 2.29. The number of aromatic amines is 1. The fraction of sp³-hybridized carbons (Fsp3) is 0.391. The predicted octanol–water partition coefficient (Wildman–Crippen LogP) is 1.85. The maximum Gasteiger partial charge on any atom is 0.257 e. The van der Waals surface area contributed by atoms with Gasteiger partial charge in [-0.15, -0.1) is 16.4 Å². The molecule has 0 bridgehead atoms. The van der Waals surface area contributed by atoms with Gasteiger partial charge in [-0.3, -0.25) is 4.79 Å². The number of fused-ring (bicyclic) bond motifs is 1. The van der Waals surface area contributed by atoms with Gasteiger partial charge in [0.1, 0.15) is 19.6 Å². The van der Waals surface area contributed by atoms with Crippen LogP contribution in [0.2, 0.25) is 0 Å². The van der Waals surface area contributed by atoms with Crippen molar-refractivity contribution < 1.29 is 9.64 Å². The molecule has 0 spiro atoms. The smallest absolute Gasteiger partial charge is 0.257 e. The molecule has 2 N–H and O–H groups in total. The van der Waals surface area contributed by atoms with Crippen molar-refractivity contribution in [1.82, 2.24) is 25.2 Å². The van der Waals surface area contributed by atoms with Crippen molar-refractivity contribution >= 4 is 22.2 Å². The van der Waals surface area contributed by atoms with E-state index in [1.165, 1.54) is 15.3 Å². The molecule has 1 unspecified atom stereocenters. The Morgan fingerprint density at radius 1 is 1.25 bits per heavy atom. The van der Waals surface area contributed by atoms with Crippen LogP contribution in [0, 0.1) is 6.92 Å². The second-order valence-electron chi connectivity index (χ2n) is 8.49. The van der Waals surface area contributed by atoms with Gasteiger partial charge in [-0.1, -0.05) is 17.7 Å². The quantitative estimate of drug-likeness (QED) is 0.427. The Labute approximate surface area is 189 Å². The highest BCUT2D eigenvalue weighted by Gasteiger charge is 2.22. The summed E-state index contributed by atoms with van der Waals surface area (Å²) in [5.74, 6) is 0.820. The van der Waals surface area contributed by atoms with Crippen molar-refractivity contribution in [2.75, 3.05) is 6.61 Å². The van der Waals surface area contributed by atoms with Gasteiger partial charge in [-0.05, 0) is 65.2 Å². The minimum atomic E-state index is -0.0380. The van der Waals surface area contributed by atoms with Crippen LogP contribution >= 0.6 is 11.3 Å². The summed E-state index contributed by atoms with van der Waals surface area (Å²) in [5, 5.41) is 15.6. The zero-order chi connectivity index (χ0) is 21.9. The van der Waals surface area contributed by atoms with Crippen LogP contribution in [0.4, 0.5) is 0 Å². The Hall–Kier alpha value is -2.88. The van der Waals surface area contributed by atoms with Crippen LogP contribution in [-0.4, -0.2) is 37.9 Å². The van der Waals surface area contributed by atoms with Crippen molar-refractivity contribution in [2.24, 2.45) is 0 Å². The molecule has 8 nitrogen and oxygen atoms in total. The molecule has 1 aliphatic heterocycles. The molecular weight excluding hydrogens is 424 g/mol. The molecule has 5 rings (SSSR count). The number of H-pyrrole nitrogens is 1. The molecule has 1 aliphatic rings. The second kappa shape index (κ2) is 9.32. The van der Waals surface area contributed by atoms with E-state index in [1.54, 1.807) is 11.3 Å². The van der Waals surface area contributed by atoms with Crippen LogP contribution in [0.5, 0.6) is 0 Å². The second-order valence-corrected chi connectivity index (χ2v) is 9.52. The average molecular weight is 452 g/mol. The zero-order valence-electron chi connectivity index (χ0n) is 18.1. The molecule has 0 saturated carbocycles. The van der Waals surface area contributed by atoms with Gasteiger partial charge in [0.25, 0.3) is 5.56 Å². The van der Waals surface area contributed by atoms with E-state index in [4.69, 9.17) is 4.74 Å². The fourth-order valence-electron chi connectivity index (χ4n) is 4.32. The molecule has 32 heavy (non-hydrogen) atoms. The zero-order valence-corrected chi connectivity index (χ0v) is 18.9. The largest absolute Gasteiger partial charge is 0.376 e. The molecule has 1 fully saturated rings. The van der Waals surface area contributed by atoms with Crippen LogP contribution in [0.3, 0.4) is 0 Å². The summed E-state index contributed by atoms with van der Waals surface area (Å²) in [7, 11) is 0. The predicted molar refractivity (Wildman–Crippen MR) is 122 cm³/mol. The van der Waals surface area contributed by atoms with Crippen molar-refractivity contribution in [1.29, 1.82) is 0 Å². The molecule has 2 atom stereocenters. The summed E-state index contributed by atoms with van der Waals surface area (Å²) in [6, 6.07) is 12.3. The number of benzene rings is 1. The van der Waals surface area contributed by atoms with E-state index in [-0.39, 0.29) is 11.7 Å². The van der Waals surface area contributed by atoms with E-state index in [0.29, 0.717) is 19.6 Å². The van der Waals surface area contributed by atoms with Gasteiger partial charge in [-0.2, -0.15) is 0 Å². The first-order valence-electron chi connectivity index (χ1n) is 11.0. The minimum absolute atomic E-state index is 0.0380. The normalized spacial score (nSPS) is 17.2. The molecule has 1 saturated heterocycles. The number of ether oxygens (including phenoxy) is 1. The lowest BCUT2D eigenvalue weighted by atomic mass is 10.1. The standard InChI is InChI=1S/C23H26N6O2S/c1-16-6-7-21-17(10-16)11-18(23(30)24-21)12-28(14-20-5-3-9-32-20)15-22-25-26-27-29(22)13-19-4-2-8-31-19/h3,5-7,9-11,19H,2,4,8,12-15H2,1H3,(H,24,30)/p+1/t19-/m0/s1. The lowest BCUT2D eigenvalue weighted by Gasteiger charge is -2.19. The number of hydrogen-bond acceptors (Lipinski definition) is 6. The summed E-state index contributed by atoms with van der Waals surface area (Å²) in [6.45, 7) is 5.56. The lowest BCUT2D eigenvalue weighted by Crippen LogP contribution is -3.08. The lowest BCUT2D eigenvalue weighted by molar-refractivity contribution is -0.941. The van der Waals surface area contributed by atoms with Gasteiger partial charge in [0.15, 0.2) is 0 Å². The number of aryl methyl sites for hydroxylation is 1. The molecule has 0 amide bonds. The minimum Gasteiger partial charge on any atom is -0.376 e. The first kappa shape index (κ1) is 21.0. The molecule has 0 radical (unpaired) electrons. The van der Waals surface area contributed by atoms with E-state index in [1.807, 2.05) is 22.9 Å².